The standard InChI is InChI=1S/C16H18N4O2/c21-13-8-12(9-13)14(7-11-1-3-17-4-2-11)20-16(22)15-10-18-5-6-19-15/h1-6,10,12-14,21H,7-9H2,(H,20,22)/t12?,13?,14-/m0/s1. The van der Waals surface area contributed by atoms with Crippen LogP contribution in [0.4, 0.5) is 0 Å². The molecule has 0 aliphatic heterocycles. The molecule has 114 valence electrons. The van der Waals surface area contributed by atoms with E-state index in [9.17, 15) is 9.90 Å². The van der Waals surface area contributed by atoms with Crippen LogP contribution in [-0.2, 0) is 6.42 Å². The molecule has 2 aromatic rings. The number of hydrogen-bond acceptors (Lipinski definition) is 5. The quantitative estimate of drug-likeness (QED) is 0.859. The van der Waals surface area contributed by atoms with Crippen LogP contribution in [0.15, 0.2) is 43.1 Å². The van der Waals surface area contributed by atoms with Gasteiger partial charge in [0.1, 0.15) is 5.69 Å². The van der Waals surface area contributed by atoms with E-state index < -0.39 is 0 Å². The van der Waals surface area contributed by atoms with Gasteiger partial charge in [0.15, 0.2) is 0 Å². The first-order chi connectivity index (χ1) is 10.7. The highest BCUT2D eigenvalue weighted by atomic mass is 16.3. The molecule has 2 N–H and O–H groups in total. The molecule has 6 nitrogen and oxygen atoms in total. The average molecular weight is 298 g/mol. The zero-order chi connectivity index (χ0) is 15.4. The van der Waals surface area contributed by atoms with Crippen molar-refractivity contribution in [3.8, 4) is 0 Å². The highest BCUT2D eigenvalue weighted by molar-refractivity contribution is 5.92. The second kappa shape index (κ2) is 6.62. The second-order valence-corrected chi connectivity index (χ2v) is 5.62. The third kappa shape index (κ3) is 3.46. The summed E-state index contributed by atoms with van der Waals surface area (Å²) in [6.07, 6.45) is 9.87. The molecule has 0 aromatic carbocycles. The molecule has 2 heterocycles. The van der Waals surface area contributed by atoms with Crippen molar-refractivity contribution in [2.24, 2.45) is 5.92 Å². The maximum absolute atomic E-state index is 12.3. The van der Waals surface area contributed by atoms with Crippen molar-refractivity contribution >= 4 is 5.91 Å². The van der Waals surface area contributed by atoms with Crippen LogP contribution in [-0.4, -0.2) is 38.1 Å². The topological polar surface area (TPSA) is 88.0 Å². The molecule has 0 radical (unpaired) electrons. The van der Waals surface area contributed by atoms with Crippen molar-refractivity contribution in [3.05, 3.63) is 54.4 Å². The summed E-state index contributed by atoms with van der Waals surface area (Å²) in [6, 6.07) is 3.85. The van der Waals surface area contributed by atoms with E-state index in [0.29, 0.717) is 12.1 Å². The number of pyridine rings is 1. The molecule has 2 aromatic heterocycles. The summed E-state index contributed by atoms with van der Waals surface area (Å²) in [5.74, 6) is 0.0531. The number of carbonyl (C=O) groups excluding carboxylic acids is 1. The van der Waals surface area contributed by atoms with Crippen molar-refractivity contribution in [2.75, 3.05) is 0 Å². The molecule has 1 atom stereocenters. The van der Waals surface area contributed by atoms with E-state index in [0.717, 1.165) is 18.4 Å². The Morgan fingerprint density at radius 2 is 2.00 bits per heavy atom. The lowest BCUT2D eigenvalue weighted by Crippen LogP contribution is -2.48. The van der Waals surface area contributed by atoms with Crippen molar-refractivity contribution in [3.63, 3.8) is 0 Å². The monoisotopic (exact) mass is 298 g/mol. The minimum atomic E-state index is -0.252. The van der Waals surface area contributed by atoms with Gasteiger partial charge in [-0.15, -0.1) is 0 Å². The van der Waals surface area contributed by atoms with Crippen LogP contribution in [0, 0.1) is 5.92 Å². The zero-order valence-electron chi connectivity index (χ0n) is 12.1. The fraction of sp³-hybridized carbons (Fsp3) is 0.375. The highest BCUT2D eigenvalue weighted by Gasteiger charge is 2.35. The number of nitrogens with one attached hydrogen (secondary N) is 1. The van der Waals surface area contributed by atoms with Crippen LogP contribution < -0.4 is 5.32 Å². The lowest BCUT2D eigenvalue weighted by molar-refractivity contribution is 0.0238. The molecule has 3 rings (SSSR count). The highest BCUT2D eigenvalue weighted by Crippen LogP contribution is 2.31. The predicted octanol–water partition coefficient (Wildman–Crippen LogP) is 0.984. The van der Waals surface area contributed by atoms with Crippen LogP contribution in [0.3, 0.4) is 0 Å². The smallest absolute Gasteiger partial charge is 0.271 e. The minimum Gasteiger partial charge on any atom is -0.393 e. The third-order valence-corrected chi connectivity index (χ3v) is 4.04. The van der Waals surface area contributed by atoms with Crippen LogP contribution in [0.25, 0.3) is 0 Å². The molecule has 0 spiro atoms. The Morgan fingerprint density at radius 1 is 1.23 bits per heavy atom. The summed E-state index contributed by atoms with van der Waals surface area (Å²) in [6.45, 7) is 0. The molecular formula is C16H18N4O2. The first-order valence-electron chi connectivity index (χ1n) is 7.36. The van der Waals surface area contributed by atoms with E-state index in [1.807, 2.05) is 12.1 Å². The zero-order valence-corrected chi connectivity index (χ0v) is 12.1. The summed E-state index contributed by atoms with van der Waals surface area (Å²) in [5, 5.41) is 12.6. The molecule has 1 fully saturated rings. The summed E-state index contributed by atoms with van der Waals surface area (Å²) in [4.78, 5) is 24.2. The Balaban J connectivity index is 1.70. The number of hydrogen-bond donors (Lipinski definition) is 2. The second-order valence-electron chi connectivity index (χ2n) is 5.62. The minimum absolute atomic E-state index is 0.0275. The van der Waals surface area contributed by atoms with Crippen molar-refractivity contribution in [2.45, 2.75) is 31.4 Å². The van der Waals surface area contributed by atoms with Gasteiger partial charge >= 0.3 is 0 Å². The SMILES string of the molecule is O=C(N[C@@H](Cc1ccncc1)C1CC(O)C1)c1cnccn1. The maximum Gasteiger partial charge on any atom is 0.271 e. The van der Waals surface area contributed by atoms with Crippen molar-refractivity contribution in [1.29, 1.82) is 0 Å². The van der Waals surface area contributed by atoms with Gasteiger partial charge < -0.3 is 10.4 Å². The predicted molar refractivity (Wildman–Crippen MR) is 80.0 cm³/mol. The molecule has 1 amide bonds. The van der Waals surface area contributed by atoms with Crippen LogP contribution >= 0.6 is 0 Å². The maximum atomic E-state index is 12.3. The lowest BCUT2D eigenvalue weighted by Gasteiger charge is -2.38. The molecule has 22 heavy (non-hydrogen) atoms. The van der Waals surface area contributed by atoms with Gasteiger partial charge in [0, 0.05) is 30.8 Å². The van der Waals surface area contributed by atoms with Gasteiger partial charge in [-0.3, -0.25) is 14.8 Å². The van der Waals surface area contributed by atoms with Crippen molar-refractivity contribution < 1.29 is 9.90 Å². The summed E-state index contributed by atoms with van der Waals surface area (Å²) in [5.41, 5.74) is 1.42. The molecule has 0 unspecified atom stereocenters. The van der Waals surface area contributed by atoms with E-state index >= 15 is 0 Å². The van der Waals surface area contributed by atoms with Gasteiger partial charge in [-0.25, -0.2) is 4.98 Å². The molecule has 1 saturated carbocycles. The Bertz CT molecular complexity index is 615. The third-order valence-electron chi connectivity index (χ3n) is 4.04. The number of carbonyl (C=O) groups is 1. The number of nitrogens with zero attached hydrogens (tertiary/aromatic N) is 3. The summed E-state index contributed by atoms with van der Waals surface area (Å²) >= 11 is 0. The number of aliphatic hydroxyl groups is 1. The summed E-state index contributed by atoms with van der Waals surface area (Å²) < 4.78 is 0. The molecular weight excluding hydrogens is 280 g/mol. The molecule has 6 heteroatoms. The normalized spacial score (nSPS) is 21.7. The Kier molecular flexibility index (Phi) is 4.39. The van der Waals surface area contributed by atoms with E-state index in [1.165, 1.54) is 18.6 Å². The fourth-order valence-corrected chi connectivity index (χ4v) is 2.73. The summed E-state index contributed by atoms with van der Waals surface area (Å²) in [7, 11) is 0. The van der Waals surface area contributed by atoms with E-state index in [2.05, 4.69) is 20.3 Å². The Labute approximate surface area is 128 Å². The average Bonchev–Trinajstić information content (AvgIpc) is 2.53. The molecule has 1 aliphatic rings. The fourth-order valence-electron chi connectivity index (χ4n) is 2.73. The molecule has 0 bridgehead atoms. The largest absolute Gasteiger partial charge is 0.393 e. The molecule has 1 aliphatic carbocycles. The van der Waals surface area contributed by atoms with Crippen molar-refractivity contribution in [1.82, 2.24) is 20.3 Å². The van der Waals surface area contributed by atoms with Crippen LogP contribution in [0.2, 0.25) is 0 Å². The lowest BCUT2D eigenvalue weighted by atomic mass is 9.75. The van der Waals surface area contributed by atoms with Gasteiger partial charge in [-0.2, -0.15) is 0 Å². The van der Waals surface area contributed by atoms with Gasteiger partial charge in [-0.1, -0.05) is 0 Å². The first-order valence-corrected chi connectivity index (χ1v) is 7.36. The van der Waals surface area contributed by atoms with E-state index in [-0.39, 0.29) is 24.0 Å². The Hall–Kier alpha value is -2.34. The number of aromatic nitrogens is 3. The Morgan fingerprint density at radius 3 is 2.64 bits per heavy atom. The number of amides is 1. The number of rotatable bonds is 5. The van der Waals surface area contributed by atoms with Crippen LogP contribution in [0.1, 0.15) is 28.9 Å². The van der Waals surface area contributed by atoms with E-state index in [1.54, 1.807) is 12.4 Å². The van der Waals surface area contributed by atoms with Gasteiger partial charge in [0.25, 0.3) is 5.91 Å². The van der Waals surface area contributed by atoms with Crippen LogP contribution in [0.5, 0.6) is 0 Å². The van der Waals surface area contributed by atoms with Gasteiger partial charge in [0.05, 0.1) is 12.3 Å². The first kappa shape index (κ1) is 14.6. The number of aliphatic hydroxyl groups excluding tert-OH is 1. The molecule has 0 saturated heterocycles. The van der Waals surface area contributed by atoms with Gasteiger partial charge in [-0.05, 0) is 42.9 Å². The van der Waals surface area contributed by atoms with Gasteiger partial charge in [0.2, 0.25) is 0 Å². The van der Waals surface area contributed by atoms with E-state index in [4.69, 9.17) is 0 Å².